The Kier molecular flexibility index (Phi) is 16.6. The third kappa shape index (κ3) is 10.5. The molecule has 0 spiro atoms. The van der Waals surface area contributed by atoms with Crippen molar-refractivity contribution >= 4 is 16.9 Å². The van der Waals surface area contributed by atoms with Crippen molar-refractivity contribution in [3.63, 3.8) is 0 Å². The number of aliphatic hydroxyl groups is 7. The van der Waals surface area contributed by atoms with Crippen LogP contribution in [0.4, 0.5) is 0 Å². The summed E-state index contributed by atoms with van der Waals surface area (Å²) in [5.74, 6) is 5.18. The average Bonchev–Trinajstić information content (AvgIpc) is 4.05. The number of allylic oxidation sites excluding steroid dienone is 3. The zero-order valence-electron chi connectivity index (χ0n) is 47.4. The van der Waals surface area contributed by atoms with E-state index in [2.05, 4.69) is 44.9 Å². The Balaban J connectivity index is 0.000000160. The van der Waals surface area contributed by atoms with E-state index in [1.807, 2.05) is 38.1 Å². The highest BCUT2D eigenvalue weighted by Gasteiger charge is 2.69. The third-order valence-electron chi connectivity index (χ3n) is 21.4. The van der Waals surface area contributed by atoms with E-state index in [1.165, 1.54) is 28.7 Å². The molecule has 77 heavy (non-hydrogen) atoms. The van der Waals surface area contributed by atoms with E-state index >= 15 is 0 Å². The highest BCUT2D eigenvalue weighted by atomic mass is 16.5. The molecule has 0 aromatic heterocycles. The standard InChI is InChI=1S/C27H44O7.C21H26O2.C18H20O2/c1-23(2,32)9-8-22(31)26(5,33)21-7-11-27(34)16-12-18(28)17-13-19(29)20(30)14-24(17,3)15(16)6-10-25(21,27)4;1-4-21(22)12-10-19-18-7-5-14-13-15(23-3)6-8-16(14)17(18)9-11-20(19,21)2;1-3-17(13-5-9-15(19)10-6-13)18(4-2)14-7-11-16(20)12-8-14/h12,15,17,19-22,29-34H,6-11,13-14H2,1-5H3;1,6,8,13,17-19,22H,5,7,9-12H2,2-3H3;5-12,19-20H,3-4H2,1-2H3/b;;18-17+/t15-,17-,19+,20-,21-,22+,24+,25+,26+,27+;17-,18-,19+,20+,21+;/m01./s1. The van der Waals surface area contributed by atoms with Crippen molar-refractivity contribution in [1.82, 2.24) is 0 Å². The first-order valence-electron chi connectivity index (χ1n) is 28.8. The van der Waals surface area contributed by atoms with Gasteiger partial charge in [0.1, 0.15) is 22.8 Å². The Hall–Kier alpha value is -4.51. The number of rotatable bonds is 10. The number of hydrogen-bond donors (Lipinski definition) is 9. The number of ether oxygens (including phenoxy) is 1. The van der Waals surface area contributed by atoms with Crippen LogP contribution in [0.1, 0.15) is 180 Å². The molecule has 0 unspecified atom stereocenters. The molecule has 9 N–H and O–H groups in total. The number of benzene rings is 3. The van der Waals surface area contributed by atoms with Gasteiger partial charge in [-0.3, -0.25) is 4.79 Å². The quantitative estimate of drug-likeness (QED) is 0.0689. The predicted molar refractivity (Wildman–Crippen MR) is 302 cm³/mol. The Bertz CT molecular complexity index is 2660. The summed E-state index contributed by atoms with van der Waals surface area (Å²) >= 11 is 0. The number of methoxy groups -OCH3 is 1. The minimum atomic E-state index is -1.46. The zero-order chi connectivity index (χ0) is 56.3. The maximum absolute atomic E-state index is 13.2. The fourth-order valence-corrected chi connectivity index (χ4v) is 16.8. The van der Waals surface area contributed by atoms with E-state index < -0.39 is 51.5 Å². The summed E-state index contributed by atoms with van der Waals surface area (Å²) in [5.41, 5.74) is 2.52. The first-order valence-corrected chi connectivity index (χ1v) is 28.8. The normalized spacial score (nSPS) is 36.4. The Labute approximate surface area is 458 Å². The smallest absolute Gasteiger partial charge is 0.159 e. The number of carbonyl (C=O) groups is 1. The van der Waals surface area contributed by atoms with Crippen LogP contribution in [0.3, 0.4) is 0 Å². The van der Waals surface area contributed by atoms with Crippen molar-refractivity contribution in [2.24, 2.45) is 45.8 Å². The number of phenols is 2. The van der Waals surface area contributed by atoms with Gasteiger partial charge < -0.3 is 50.7 Å². The van der Waals surface area contributed by atoms with Gasteiger partial charge in [-0.2, -0.15) is 0 Å². The Morgan fingerprint density at radius 3 is 1.94 bits per heavy atom. The fraction of sp³-hybridized carbons (Fsp3) is 0.621. The summed E-state index contributed by atoms with van der Waals surface area (Å²) in [4.78, 5) is 13.2. The van der Waals surface area contributed by atoms with Crippen molar-refractivity contribution in [2.75, 3.05) is 7.11 Å². The maximum Gasteiger partial charge on any atom is 0.159 e. The van der Waals surface area contributed by atoms with Gasteiger partial charge in [-0.05, 0) is 240 Å². The maximum atomic E-state index is 13.2. The van der Waals surface area contributed by atoms with Crippen LogP contribution in [0.2, 0.25) is 0 Å². The van der Waals surface area contributed by atoms with Gasteiger partial charge in [0.2, 0.25) is 0 Å². The highest BCUT2D eigenvalue weighted by molar-refractivity contribution is 5.95. The van der Waals surface area contributed by atoms with Crippen LogP contribution in [0.5, 0.6) is 17.2 Å². The predicted octanol–water partition coefficient (Wildman–Crippen LogP) is 10.6. The van der Waals surface area contributed by atoms with Crippen LogP contribution in [0, 0.1) is 58.2 Å². The second kappa shape index (κ2) is 21.9. The molecule has 5 saturated carbocycles. The SMILES string of the molecule is C#C[C@]1(O)CC[C@H]2[C@@H]3CCc4cc(OC)ccc4[C@H]3CC[C@@]21C.CC(C)(O)CC[C@@H](O)[C@](C)(O)[C@H]1CC[C@@]2(O)C3=CC(=O)[C@@H]4C[C@@H](O)[C@@H](O)C[C@]4(C)[C@H]3CC[C@]12C.CC/C(=C(/CC)c1ccc(O)cc1)c1ccc(O)cc1. The minimum absolute atomic E-state index is 0.0840. The number of aryl methyl sites for hydroxylation is 1. The number of terminal acetylenes is 1. The lowest BCUT2D eigenvalue weighted by atomic mass is 9.45. The number of hydrogen-bond acceptors (Lipinski definition) is 11. The van der Waals surface area contributed by atoms with Gasteiger partial charge in [-0.25, -0.2) is 0 Å². The molecule has 0 amide bonds. The molecule has 3 aromatic rings. The molecule has 7 aliphatic rings. The molecule has 0 saturated heterocycles. The molecule has 5 fully saturated rings. The van der Waals surface area contributed by atoms with Crippen LogP contribution in [-0.4, -0.2) is 99.6 Å². The second-order valence-electron chi connectivity index (χ2n) is 25.9. The van der Waals surface area contributed by atoms with Gasteiger partial charge in [0, 0.05) is 16.7 Å². The summed E-state index contributed by atoms with van der Waals surface area (Å²) in [5, 5.41) is 95.3. The number of carbonyl (C=O) groups excluding carboxylic acids is 1. The molecular weight excluding hydrogens is 969 g/mol. The summed E-state index contributed by atoms with van der Waals surface area (Å²) in [6.07, 6.45) is 16.0. The van der Waals surface area contributed by atoms with E-state index in [4.69, 9.17) is 11.2 Å². The minimum Gasteiger partial charge on any atom is -0.508 e. The van der Waals surface area contributed by atoms with Crippen molar-refractivity contribution < 1.29 is 55.5 Å². The molecule has 420 valence electrons. The molecular formula is C66H90O11. The number of ketones is 1. The summed E-state index contributed by atoms with van der Waals surface area (Å²) in [6.45, 7) is 15.5. The third-order valence-corrected chi connectivity index (χ3v) is 21.4. The molecule has 0 aliphatic heterocycles. The Morgan fingerprint density at radius 2 is 1.38 bits per heavy atom. The molecule has 0 bridgehead atoms. The van der Waals surface area contributed by atoms with Gasteiger partial charge in [0.05, 0.1) is 42.2 Å². The van der Waals surface area contributed by atoms with Crippen molar-refractivity contribution in [3.05, 3.63) is 101 Å². The molecule has 15 atom stereocenters. The van der Waals surface area contributed by atoms with E-state index in [0.717, 1.165) is 61.8 Å². The average molecular weight is 1060 g/mol. The van der Waals surface area contributed by atoms with Crippen LogP contribution in [0.15, 0.2) is 78.4 Å². The van der Waals surface area contributed by atoms with Crippen LogP contribution < -0.4 is 4.74 Å². The number of aliphatic hydroxyl groups excluding tert-OH is 3. The van der Waals surface area contributed by atoms with Gasteiger partial charge in [-0.1, -0.05) is 70.9 Å². The zero-order valence-corrected chi connectivity index (χ0v) is 47.4. The van der Waals surface area contributed by atoms with E-state index in [-0.39, 0.29) is 53.3 Å². The number of fused-ring (bicyclic) bond motifs is 10. The molecule has 3 aromatic carbocycles. The van der Waals surface area contributed by atoms with Crippen LogP contribution in [0.25, 0.3) is 11.1 Å². The van der Waals surface area contributed by atoms with E-state index in [0.29, 0.717) is 61.9 Å². The van der Waals surface area contributed by atoms with Crippen molar-refractivity contribution in [2.45, 2.75) is 205 Å². The van der Waals surface area contributed by atoms with Crippen molar-refractivity contribution in [3.8, 4) is 29.6 Å². The van der Waals surface area contributed by atoms with Gasteiger partial charge in [0.25, 0.3) is 0 Å². The largest absolute Gasteiger partial charge is 0.508 e. The monoisotopic (exact) mass is 1060 g/mol. The van der Waals surface area contributed by atoms with Gasteiger partial charge in [-0.15, -0.1) is 6.42 Å². The van der Waals surface area contributed by atoms with E-state index in [1.54, 1.807) is 58.2 Å². The Morgan fingerprint density at radius 1 is 0.779 bits per heavy atom. The topological polar surface area (TPSA) is 208 Å². The van der Waals surface area contributed by atoms with Gasteiger partial charge in [0.15, 0.2) is 5.78 Å². The molecule has 10 rings (SSSR count). The van der Waals surface area contributed by atoms with Crippen LogP contribution in [-0.2, 0) is 11.2 Å². The highest BCUT2D eigenvalue weighted by Crippen LogP contribution is 2.69. The first-order chi connectivity index (χ1) is 36.1. The lowest BCUT2D eigenvalue weighted by Crippen LogP contribution is -2.62. The van der Waals surface area contributed by atoms with Crippen LogP contribution >= 0.6 is 0 Å². The fourth-order valence-electron chi connectivity index (χ4n) is 16.8. The molecule has 7 aliphatic carbocycles. The number of aromatic hydroxyl groups is 2. The summed E-state index contributed by atoms with van der Waals surface area (Å²) < 4.78 is 5.39. The molecule has 11 nitrogen and oxygen atoms in total. The summed E-state index contributed by atoms with van der Waals surface area (Å²) in [7, 11) is 1.73. The molecule has 0 radical (unpaired) electrons. The van der Waals surface area contributed by atoms with E-state index in [9.17, 15) is 50.8 Å². The molecule has 11 heteroatoms. The first kappa shape index (κ1) is 58.6. The second-order valence-corrected chi connectivity index (χ2v) is 25.9. The number of phenolic OH excluding ortho intramolecular Hbond substituents is 2. The summed E-state index contributed by atoms with van der Waals surface area (Å²) in [6, 6.07) is 21.3. The lowest BCUT2D eigenvalue weighted by molar-refractivity contribution is -0.177. The molecule has 0 heterocycles. The van der Waals surface area contributed by atoms with Gasteiger partial charge >= 0.3 is 0 Å². The van der Waals surface area contributed by atoms with Crippen molar-refractivity contribution in [1.29, 1.82) is 0 Å². The lowest BCUT2D eigenvalue weighted by Gasteiger charge is -2.60.